The van der Waals surface area contributed by atoms with Gasteiger partial charge in [-0.3, -0.25) is 4.79 Å². The molecule has 0 saturated carbocycles. The molecule has 92 valence electrons. The Hall–Kier alpha value is -1.58. The molecule has 0 N–H and O–H groups in total. The van der Waals surface area contributed by atoms with Crippen LogP contribution in [0.5, 0.6) is 11.5 Å². The zero-order valence-corrected chi connectivity index (χ0v) is 10.5. The summed E-state index contributed by atoms with van der Waals surface area (Å²) in [5.41, 5.74) is 0.308. The van der Waals surface area contributed by atoms with Gasteiger partial charge in [-0.1, -0.05) is 23.2 Å². The third-order valence-corrected chi connectivity index (χ3v) is 2.74. The highest BCUT2D eigenvalue weighted by Crippen LogP contribution is 2.29. The molecular weight excluding hydrogens is 278 g/mol. The van der Waals surface area contributed by atoms with Crippen LogP contribution in [0.15, 0.2) is 36.4 Å². The van der Waals surface area contributed by atoms with Crippen molar-refractivity contribution in [1.29, 1.82) is 0 Å². The number of carbonyl (C=O) groups excluding carboxylic acids is 1. The summed E-state index contributed by atoms with van der Waals surface area (Å²) < 4.78 is 18.4. The molecule has 0 aliphatic heterocycles. The second-order valence-electron chi connectivity index (χ2n) is 3.48. The number of aldehydes is 1. The lowest BCUT2D eigenvalue weighted by Gasteiger charge is -2.08. The van der Waals surface area contributed by atoms with Gasteiger partial charge < -0.3 is 4.74 Å². The molecule has 0 bridgehead atoms. The average Bonchev–Trinajstić information content (AvgIpc) is 2.36. The van der Waals surface area contributed by atoms with Crippen molar-refractivity contribution in [3.8, 4) is 11.5 Å². The molecule has 0 fully saturated rings. The zero-order valence-electron chi connectivity index (χ0n) is 8.99. The number of halogens is 3. The van der Waals surface area contributed by atoms with Crippen molar-refractivity contribution in [1.82, 2.24) is 0 Å². The summed E-state index contributed by atoms with van der Waals surface area (Å²) in [7, 11) is 0. The average molecular weight is 285 g/mol. The van der Waals surface area contributed by atoms with E-state index in [0.29, 0.717) is 28.4 Å². The number of hydrogen-bond acceptors (Lipinski definition) is 2. The number of benzene rings is 2. The van der Waals surface area contributed by atoms with E-state index in [4.69, 9.17) is 27.9 Å². The van der Waals surface area contributed by atoms with Crippen molar-refractivity contribution in [2.24, 2.45) is 0 Å². The summed E-state index contributed by atoms with van der Waals surface area (Å²) in [6.45, 7) is 0. The van der Waals surface area contributed by atoms with Crippen LogP contribution in [0.1, 0.15) is 10.4 Å². The van der Waals surface area contributed by atoms with Crippen LogP contribution in [0.3, 0.4) is 0 Å². The van der Waals surface area contributed by atoms with Gasteiger partial charge in [-0.05, 0) is 30.3 Å². The van der Waals surface area contributed by atoms with Gasteiger partial charge >= 0.3 is 0 Å². The Labute approximate surface area is 113 Å². The predicted molar refractivity (Wildman–Crippen MR) is 68.3 cm³/mol. The van der Waals surface area contributed by atoms with Crippen LogP contribution in [0.25, 0.3) is 0 Å². The number of ether oxygens (including phenoxy) is 1. The first-order valence-electron chi connectivity index (χ1n) is 4.98. The van der Waals surface area contributed by atoms with E-state index in [1.165, 1.54) is 24.3 Å². The zero-order chi connectivity index (χ0) is 13.1. The highest BCUT2D eigenvalue weighted by molar-refractivity contribution is 6.31. The van der Waals surface area contributed by atoms with Gasteiger partial charge in [-0.15, -0.1) is 0 Å². The van der Waals surface area contributed by atoms with Gasteiger partial charge in [-0.2, -0.15) is 0 Å². The standard InChI is InChI=1S/C13H7Cl2FO2/c14-9-1-4-13(8(5-9)7-17)18-10-2-3-12(16)11(15)6-10/h1-7H. The first-order valence-corrected chi connectivity index (χ1v) is 5.73. The third kappa shape index (κ3) is 2.81. The second kappa shape index (κ2) is 5.38. The van der Waals surface area contributed by atoms with Crippen molar-refractivity contribution >= 4 is 29.5 Å². The van der Waals surface area contributed by atoms with Gasteiger partial charge in [-0.25, -0.2) is 4.39 Å². The fourth-order valence-electron chi connectivity index (χ4n) is 1.37. The van der Waals surface area contributed by atoms with Crippen LogP contribution in [0.2, 0.25) is 10.0 Å². The summed E-state index contributed by atoms with van der Waals surface area (Å²) >= 11 is 11.4. The van der Waals surface area contributed by atoms with Crippen molar-refractivity contribution in [2.45, 2.75) is 0 Å². The molecule has 0 saturated heterocycles. The van der Waals surface area contributed by atoms with Crippen molar-refractivity contribution < 1.29 is 13.9 Å². The lowest BCUT2D eigenvalue weighted by molar-refractivity contribution is 0.112. The molecule has 0 aliphatic rings. The first-order chi connectivity index (χ1) is 8.60. The summed E-state index contributed by atoms with van der Waals surface area (Å²) in [5.74, 6) is 0.139. The van der Waals surface area contributed by atoms with Crippen LogP contribution in [-0.4, -0.2) is 6.29 Å². The minimum Gasteiger partial charge on any atom is -0.457 e. The van der Waals surface area contributed by atoms with Crippen molar-refractivity contribution in [3.63, 3.8) is 0 Å². The molecule has 0 amide bonds. The largest absolute Gasteiger partial charge is 0.457 e. The van der Waals surface area contributed by atoms with E-state index in [1.807, 2.05) is 0 Å². The first kappa shape index (κ1) is 12.9. The third-order valence-electron chi connectivity index (χ3n) is 2.22. The van der Waals surface area contributed by atoms with E-state index in [0.717, 1.165) is 0 Å². The number of rotatable bonds is 3. The van der Waals surface area contributed by atoms with Gasteiger partial charge in [0.25, 0.3) is 0 Å². The molecule has 2 aromatic rings. The molecule has 2 nitrogen and oxygen atoms in total. The van der Waals surface area contributed by atoms with Gasteiger partial charge in [0.05, 0.1) is 10.6 Å². The highest BCUT2D eigenvalue weighted by atomic mass is 35.5. The molecule has 0 unspecified atom stereocenters. The topological polar surface area (TPSA) is 26.3 Å². The van der Waals surface area contributed by atoms with Gasteiger partial charge in [0, 0.05) is 11.1 Å². The summed E-state index contributed by atoms with van der Waals surface area (Å²) in [6.07, 6.45) is 0.631. The van der Waals surface area contributed by atoms with E-state index < -0.39 is 5.82 Å². The minimum atomic E-state index is -0.532. The van der Waals surface area contributed by atoms with Crippen molar-refractivity contribution in [2.75, 3.05) is 0 Å². The fraction of sp³-hybridized carbons (Fsp3) is 0. The summed E-state index contributed by atoms with van der Waals surface area (Å²) in [6, 6.07) is 8.58. The van der Waals surface area contributed by atoms with E-state index in [1.54, 1.807) is 12.1 Å². The molecule has 0 aromatic heterocycles. The summed E-state index contributed by atoms with van der Waals surface area (Å²) in [5, 5.41) is 0.385. The van der Waals surface area contributed by atoms with Gasteiger partial charge in [0.1, 0.15) is 17.3 Å². The smallest absolute Gasteiger partial charge is 0.153 e. The van der Waals surface area contributed by atoms with Gasteiger partial charge in [0.15, 0.2) is 6.29 Å². The van der Waals surface area contributed by atoms with E-state index in [9.17, 15) is 9.18 Å². The lowest BCUT2D eigenvalue weighted by atomic mass is 10.2. The molecule has 0 aliphatic carbocycles. The molecule has 5 heteroatoms. The molecular formula is C13H7Cl2FO2. The lowest BCUT2D eigenvalue weighted by Crippen LogP contribution is -1.91. The van der Waals surface area contributed by atoms with E-state index in [2.05, 4.69) is 0 Å². The van der Waals surface area contributed by atoms with Crippen LogP contribution < -0.4 is 4.74 Å². The van der Waals surface area contributed by atoms with E-state index >= 15 is 0 Å². The normalized spacial score (nSPS) is 10.2. The van der Waals surface area contributed by atoms with Crippen LogP contribution >= 0.6 is 23.2 Å². The van der Waals surface area contributed by atoms with E-state index in [-0.39, 0.29) is 5.02 Å². The number of hydrogen-bond donors (Lipinski definition) is 0. The Bertz CT molecular complexity index is 600. The fourth-order valence-corrected chi connectivity index (χ4v) is 1.72. The minimum absolute atomic E-state index is 0.0471. The molecule has 2 aromatic carbocycles. The second-order valence-corrected chi connectivity index (χ2v) is 4.32. The molecule has 18 heavy (non-hydrogen) atoms. The molecule has 0 atom stereocenters. The molecule has 0 heterocycles. The quantitative estimate of drug-likeness (QED) is 0.761. The van der Waals surface area contributed by atoms with Crippen LogP contribution in [-0.2, 0) is 0 Å². The van der Waals surface area contributed by atoms with Crippen molar-refractivity contribution in [3.05, 3.63) is 57.8 Å². The Morgan fingerprint density at radius 3 is 2.56 bits per heavy atom. The molecule has 2 rings (SSSR count). The monoisotopic (exact) mass is 284 g/mol. The number of carbonyl (C=O) groups is 1. The highest BCUT2D eigenvalue weighted by Gasteiger charge is 2.07. The molecule has 0 spiro atoms. The van der Waals surface area contributed by atoms with Crippen LogP contribution in [0, 0.1) is 5.82 Å². The Balaban J connectivity index is 2.33. The van der Waals surface area contributed by atoms with Crippen LogP contribution in [0.4, 0.5) is 4.39 Å². The maximum atomic E-state index is 13.0. The Morgan fingerprint density at radius 2 is 1.89 bits per heavy atom. The maximum Gasteiger partial charge on any atom is 0.153 e. The molecule has 0 radical (unpaired) electrons. The predicted octanol–water partition coefficient (Wildman–Crippen LogP) is 4.74. The summed E-state index contributed by atoms with van der Waals surface area (Å²) in [4.78, 5) is 10.9. The maximum absolute atomic E-state index is 13.0. The Morgan fingerprint density at radius 1 is 1.11 bits per heavy atom. The Kier molecular flexibility index (Phi) is 3.84. The SMILES string of the molecule is O=Cc1cc(Cl)ccc1Oc1ccc(F)c(Cl)c1. The van der Waals surface area contributed by atoms with Gasteiger partial charge in [0.2, 0.25) is 0 Å².